The zero-order valence-corrected chi connectivity index (χ0v) is 36.2. The number of allylic oxidation sites excluding steroid dienone is 6. The van der Waals surface area contributed by atoms with E-state index in [1.165, 1.54) is 82.8 Å². The van der Waals surface area contributed by atoms with E-state index in [2.05, 4.69) is 207 Å². The maximum Gasteiger partial charge on any atom is 0.143 e. The van der Waals surface area contributed by atoms with Crippen LogP contribution in [0.4, 0.5) is 0 Å². The van der Waals surface area contributed by atoms with Crippen molar-refractivity contribution in [1.29, 1.82) is 0 Å². The third kappa shape index (κ3) is 5.86. The summed E-state index contributed by atoms with van der Waals surface area (Å²) in [5.41, 5.74) is 19.2. The molecule has 13 rings (SSSR count). The van der Waals surface area contributed by atoms with Gasteiger partial charge in [0, 0.05) is 44.2 Å². The summed E-state index contributed by atoms with van der Waals surface area (Å²) in [6, 6.07) is 54.2. The fourth-order valence-corrected chi connectivity index (χ4v) is 11.2. The van der Waals surface area contributed by atoms with Gasteiger partial charge in [0.25, 0.3) is 0 Å². The Morgan fingerprint density at radius 3 is 2.02 bits per heavy atom. The largest absolute Gasteiger partial charge is 0.455 e. The average molecular weight is 822 g/mol. The van der Waals surface area contributed by atoms with Crippen LogP contribution in [0.2, 0.25) is 0 Å². The van der Waals surface area contributed by atoms with E-state index in [9.17, 15) is 0 Å². The van der Waals surface area contributed by atoms with Gasteiger partial charge in [0.15, 0.2) is 0 Å². The molecule has 2 nitrogen and oxygen atoms in total. The van der Waals surface area contributed by atoms with Crippen LogP contribution in [-0.4, -0.2) is 4.57 Å². The maximum atomic E-state index is 7.27. The fraction of sp³-hybridized carbons (Fsp3) is 0.129. The van der Waals surface area contributed by atoms with Crippen LogP contribution in [-0.2, 0) is 12.8 Å². The van der Waals surface area contributed by atoms with Gasteiger partial charge < -0.3 is 8.98 Å². The average Bonchev–Trinajstić information content (AvgIpc) is 3.89. The summed E-state index contributed by atoms with van der Waals surface area (Å²) in [7, 11) is 0. The Balaban J connectivity index is 1.08. The number of fused-ring (bicyclic) bond motifs is 12. The van der Waals surface area contributed by atoms with Crippen molar-refractivity contribution in [1.82, 2.24) is 4.57 Å². The van der Waals surface area contributed by atoms with Crippen LogP contribution in [0.15, 0.2) is 180 Å². The van der Waals surface area contributed by atoms with Crippen molar-refractivity contribution in [2.24, 2.45) is 11.8 Å². The molecule has 2 atom stereocenters. The number of nitrogens with zero attached hydrogens (tertiary/aromatic N) is 1. The van der Waals surface area contributed by atoms with E-state index in [1.807, 2.05) is 0 Å². The van der Waals surface area contributed by atoms with E-state index in [0.717, 1.165) is 69.9 Å². The lowest BCUT2D eigenvalue weighted by Crippen LogP contribution is -2.06. The first-order valence-electron chi connectivity index (χ1n) is 23.1. The minimum Gasteiger partial charge on any atom is -0.455 e. The van der Waals surface area contributed by atoms with E-state index in [-0.39, 0.29) is 0 Å². The first-order chi connectivity index (χ1) is 31.5. The monoisotopic (exact) mass is 821 g/mol. The molecule has 0 N–H and O–H groups in total. The summed E-state index contributed by atoms with van der Waals surface area (Å²) in [4.78, 5) is 0. The molecule has 0 spiro atoms. The first kappa shape index (κ1) is 37.2. The molecule has 3 aliphatic rings. The summed E-state index contributed by atoms with van der Waals surface area (Å²) in [5.74, 6) is 0.967. The van der Waals surface area contributed by atoms with E-state index >= 15 is 0 Å². The second-order valence-electron chi connectivity index (χ2n) is 18.4. The summed E-state index contributed by atoms with van der Waals surface area (Å²) >= 11 is 0. The molecule has 0 aliphatic heterocycles. The number of furan rings is 1. The lowest BCUT2D eigenvalue weighted by atomic mass is 9.83. The van der Waals surface area contributed by atoms with Gasteiger partial charge >= 0.3 is 0 Å². The van der Waals surface area contributed by atoms with Gasteiger partial charge in [-0.3, -0.25) is 0 Å². The predicted molar refractivity (Wildman–Crippen MR) is 272 cm³/mol. The summed E-state index contributed by atoms with van der Waals surface area (Å²) in [6.07, 6.45) is 20.7. The maximum absolute atomic E-state index is 7.27. The molecule has 306 valence electrons. The Morgan fingerprint density at radius 2 is 1.20 bits per heavy atom. The Bertz CT molecular complexity index is 3680. The van der Waals surface area contributed by atoms with Crippen molar-refractivity contribution in [2.75, 3.05) is 0 Å². The Morgan fingerprint density at radius 1 is 0.500 bits per heavy atom. The highest BCUT2D eigenvalue weighted by atomic mass is 16.3. The molecule has 0 fully saturated rings. The zero-order chi connectivity index (χ0) is 42.5. The van der Waals surface area contributed by atoms with Crippen LogP contribution in [0, 0.1) is 11.8 Å². The van der Waals surface area contributed by atoms with Crippen molar-refractivity contribution in [3.05, 3.63) is 204 Å². The lowest BCUT2D eigenvalue weighted by Gasteiger charge is -2.22. The highest BCUT2D eigenvalue weighted by molar-refractivity contribution is 6.16. The number of hydrogen-bond donors (Lipinski definition) is 0. The summed E-state index contributed by atoms with van der Waals surface area (Å²) in [6.45, 7) is 4.66. The van der Waals surface area contributed by atoms with Crippen LogP contribution < -0.4 is 0 Å². The minimum absolute atomic E-state index is 0.471. The van der Waals surface area contributed by atoms with Gasteiger partial charge in [-0.05, 0) is 146 Å². The van der Waals surface area contributed by atoms with Crippen molar-refractivity contribution < 1.29 is 4.42 Å². The number of aromatic nitrogens is 1. The Labute approximate surface area is 373 Å². The van der Waals surface area contributed by atoms with Crippen molar-refractivity contribution in [3.8, 4) is 39.1 Å². The van der Waals surface area contributed by atoms with Crippen LogP contribution in [0.1, 0.15) is 54.6 Å². The highest BCUT2D eigenvalue weighted by Crippen LogP contribution is 2.46. The van der Waals surface area contributed by atoms with Gasteiger partial charge in [0.05, 0.1) is 5.52 Å². The molecule has 0 bridgehead atoms. The van der Waals surface area contributed by atoms with Crippen molar-refractivity contribution >= 4 is 72.1 Å². The second-order valence-corrected chi connectivity index (χ2v) is 18.4. The van der Waals surface area contributed by atoms with Gasteiger partial charge in [-0.15, -0.1) is 0 Å². The first-order valence-corrected chi connectivity index (χ1v) is 23.1. The molecular formula is C62H47NO. The molecule has 0 radical (unpaired) electrons. The van der Waals surface area contributed by atoms with E-state index in [1.54, 1.807) is 0 Å². The molecule has 2 aromatic heterocycles. The third-order valence-electron chi connectivity index (χ3n) is 14.3. The van der Waals surface area contributed by atoms with Crippen LogP contribution in [0.3, 0.4) is 0 Å². The quantitative estimate of drug-likeness (QED) is 0.158. The van der Waals surface area contributed by atoms with Crippen LogP contribution >= 0.6 is 0 Å². The molecule has 1 unspecified atom stereocenters. The molecular weight excluding hydrogens is 775 g/mol. The van der Waals surface area contributed by atoms with Gasteiger partial charge in [-0.1, -0.05) is 160 Å². The smallest absolute Gasteiger partial charge is 0.143 e. The predicted octanol–water partition coefficient (Wildman–Crippen LogP) is 17.0. The van der Waals surface area contributed by atoms with Gasteiger partial charge in [-0.25, -0.2) is 0 Å². The second kappa shape index (κ2) is 14.6. The standard InChI is InChI=1S/C62H47NO/c1-38-14-13-19-42(30-38)45-33-54(62-58(35-45)57-34-44(40-15-5-3-6-16-40)32-53(61(57)64-62)41-17-7-4-8-18-41)43-25-28-52-51-22-11-12-23-59(51)63(60(52)36-43)46-26-29-50-48-21-10-9-20-47(48)49-27-24-39(2)31-55(49)56(50)37-46/h3-11,13,15-22,24-30,32-39H,12,14,23,31H2,1-2H3/t38?,39-/m0/s1. The molecule has 0 amide bonds. The number of benzene rings is 8. The van der Waals surface area contributed by atoms with Gasteiger partial charge in [-0.2, -0.15) is 0 Å². The minimum atomic E-state index is 0.471. The Kier molecular flexibility index (Phi) is 8.46. The lowest BCUT2D eigenvalue weighted by molar-refractivity contribution is 0.671. The molecule has 64 heavy (non-hydrogen) atoms. The molecule has 0 saturated heterocycles. The highest BCUT2D eigenvalue weighted by Gasteiger charge is 2.25. The van der Waals surface area contributed by atoms with Crippen molar-refractivity contribution in [2.45, 2.75) is 39.5 Å². The molecule has 8 aromatic carbocycles. The van der Waals surface area contributed by atoms with E-state index < -0.39 is 0 Å². The SMILES string of the molecule is CC1C=C(c2cc(-c3ccc4c5c(n(-c6ccc7c(c6)c6c(c8ccccc87)C=C[C@H](C)C6)c4c3)CCC=C5)c3oc4c(-c5ccccc5)cc(-c5ccccc5)cc4c3c2)C=CC1. The van der Waals surface area contributed by atoms with E-state index in [0.29, 0.717) is 11.8 Å². The van der Waals surface area contributed by atoms with Gasteiger partial charge in [0.2, 0.25) is 0 Å². The molecule has 10 aromatic rings. The normalized spacial score (nSPS) is 16.9. The van der Waals surface area contributed by atoms with Gasteiger partial charge in [0.1, 0.15) is 11.2 Å². The Hall–Kier alpha value is -7.42. The molecule has 3 aliphatic carbocycles. The fourth-order valence-electron chi connectivity index (χ4n) is 11.2. The van der Waals surface area contributed by atoms with E-state index in [4.69, 9.17) is 4.42 Å². The van der Waals surface area contributed by atoms with Crippen LogP contribution in [0.25, 0.3) is 111 Å². The third-order valence-corrected chi connectivity index (χ3v) is 14.3. The molecule has 0 saturated carbocycles. The molecule has 2 heteroatoms. The molecule has 2 heterocycles. The zero-order valence-electron chi connectivity index (χ0n) is 36.2. The topological polar surface area (TPSA) is 18.1 Å². The summed E-state index contributed by atoms with van der Waals surface area (Å²) < 4.78 is 9.85. The summed E-state index contributed by atoms with van der Waals surface area (Å²) in [5, 5.41) is 8.93. The van der Waals surface area contributed by atoms with Crippen LogP contribution in [0.5, 0.6) is 0 Å². The number of hydrogen-bond acceptors (Lipinski definition) is 1. The number of rotatable bonds is 5. The van der Waals surface area contributed by atoms with Crippen molar-refractivity contribution in [3.63, 3.8) is 0 Å².